The van der Waals surface area contributed by atoms with Gasteiger partial charge in [-0.2, -0.15) is 13.2 Å². The largest absolute Gasteiger partial charge is 0.474 e. The number of carbonyl (C=O) groups is 2. The first-order valence-corrected chi connectivity index (χ1v) is 10.7. The van der Waals surface area contributed by atoms with Crippen LogP contribution in [-0.4, -0.2) is 42.6 Å². The number of nitrogens with two attached hydrogens (primary N) is 1. The third-order valence-electron chi connectivity index (χ3n) is 4.66. The molecule has 1 unspecified atom stereocenters. The highest BCUT2D eigenvalue weighted by Gasteiger charge is 2.31. The van der Waals surface area contributed by atoms with Gasteiger partial charge in [-0.25, -0.2) is 18.6 Å². The van der Waals surface area contributed by atoms with E-state index in [9.17, 15) is 31.5 Å². The van der Waals surface area contributed by atoms with Crippen molar-refractivity contribution in [2.45, 2.75) is 12.3 Å². The molecule has 0 saturated carbocycles. The smallest absolute Gasteiger partial charge is 0.416 e. The van der Waals surface area contributed by atoms with Crippen LogP contribution in [0.3, 0.4) is 0 Å². The molecular weight excluding hydrogens is 561 g/mol. The van der Waals surface area contributed by atoms with Gasteiger partial charge in [0.15, 0.2) is 16.2 Å². The fraction of sp³-hybridized carbons (Fsp3) is 0.227. The molecule has 192 valence electrons. The van der Waals surface area contributed by atoms with Crippen LogP contribution in [0.4, 0.5) is 26.7 Å². The van der Waals surface area contributed by atoms with Gasteiger partial charge in [0.25, 0.3) is 5.91 Å². The van der Waals surface area contributed by atoms with E-state index < -0.39 is 59.4 Å². The van der Waals surface area contributed by atoms with Crippen molar-refractivity contribution >= 4 is 27.9 Å². The molecule has 1 aromatic heterocycles. The summed E-state index contributed by atoms with van der Waals surface area (Å²) in [5, 5.41) is 0. The van der Waals surface area contributed by atoms with Crippen LogP contribution in [0.15, 0.2) is 45.5 Å². The van der Waals surface area contributed by atoms with Gasteiger partial charge in [0, 0.05) is 19.7 Å². The number of alkyl halides is 3. The number of ether oxygens (including phenoxy) is 2. The van der Waals surface area contributed by atoms with E-state index >= 15 is 0 Å². The maximum Gasteiger partial charge on any atom is 0.416 e. The van der Waals surface area contributed by atoms with Gasteiger partial charge in [-0.1, -0.05) is 12.1 Å². The standard InChI is InChI=1S/C22H17BrF5N3O5/c1-31(2)21(33)34-9-14(35-13-8-7-12(24)15(16(13)25)19(29)32)20-30-17(18(23)36-20)10-3-5-11(6-4-10)22(26,27)28/h3-8,14H,9H2,1-2H3,(H2,29,32). The van der Waals surface area contributed by atoms with E-state index in [1.165, 1.54) is 14.1 Å². The highest BCUT2D eigenvalue weighted by atomic mass is 79.9. The third kappa shape index (κ3) is 5.93. The first kappa shape index (κ1) is 26.9. The number of rotatable bonds is 7. The van der Waals surface area contributed by atoms with E-state index in [1.807, 2.05) is 0 Å². The zero-order valence-electron chi connectivity index (χ0n) is 18.5. The topological polar surface area (TPSA) is 108 Å². The molecule has 3 rings (SSSR count). The summed E-state index contributed by atoms with van der Waals surface area (Å²) >= 11 is 3.12. The predicted molar refractivity (Wildman–Crippen MR) is 118 cm³/mol. The Morgan fingerprint density at radius 1 is 1.14 bits per heavy atom. The van der Waals surface area contributed by atoms with Crippen LogP contribution in [0.25, 0.3) is 11.3 Å². The molecule has 0 bridgehead atoms. The summed E-state index contributed by atoms with van der Waals surface area (Å²) in [5.41, 5.74) is 3.41. The van der Waals surface area contributed by atoms with Crippen LogP contribution in [0, 0.1) is 11.6 Å². The molecule has 1 heterocycles. The number of nitrogens with zero attached hydrogens (tertiary/aromatic N) is 2. The van der Waals surface area contributed by atoms with Gasteiger partial charge < -0.3 is 24.5 Å². The lowest BCUT2D eigenvalue weighted by Crippen LogP contribution is -2.26. The minimum Gasteiger partial charge on any atom is -0.474 e. The quantitative estimate of drug-likeness (QED) is 0.381. The lowest BCUT2D eigenvalue weighted by atomic mass is 10.1. The number of benzene rings is 2. The Bertz CT molecular complexity index is 1280. The van der Waals surface area contributed by atoms with Crippen LogP contribution in [-0.2, 0) is 10.9 Å². The van der Waals surface area contributed by atoms with Gasteiger partial charge in [0.2, 0.25) is 12.0 Å². The molecule has 14 heteroatoms. The van der Waals surface area contributed by atoms with E-state index in [2.05, 4.69) is 20.9 Å². The molecule has 1 atom stereocenters. The van der Waals surface area contributed by atoms with Crippen LogP contribution in [0.1, 0.15) is 27.9 Å². The number of hydrogen-bond acceptors (Lipinski definition) is 6. The fourth-order valence-corrected chi connectivity index (χ4v) is 3.37. The van der Waals surface area contributed by atoms with E-state index in [-0.39, 0.29) is 21.8 Å². The van der Waals surface area contributed by atoms with Crippen molar-refractivity contribution in [3.63, 3.8) is 0 Å². The minimum atomic E-state index is -4.54. The third-order valence-corrected chi connectivity index (χ3v) is 5.20. The highest BCUT2D eigenvalue weighted by molar-refractivity contribution is 9.10. The Hall–Kier alpha value is -3.68. The summed E-state index contributed by atoms with van der Waals surface area (Å²) in [6.07, 6.45) is -6.76. The molecule has 0 aliphatic rings. The molecule has 0 aliphatic heterocycles. The molecule has 2 aromatic carbocycles. The monoisotopic (exact) mass is 577 g/mol. The molecule has 0 fully saturated rings. The molecule has 0 aliphatic carbocycles. The maximum absolute atomic E-state index is 14.7. The average Bonchev–Trinajstić information content (AvgIpc) is 3.18. The van der Waals surface area contributed by atoms with Gasteiger partial charge in [-0.05, 0) is 40.2 Å². The summed E-state index contributed by atoms with van der Waals surface area (Å²) in [7, 11) is 2.81. The first-order valence-electron chi connectivity index (χ1n) is 9.92. The number of oxazole rings is 1. The minimum absolute atomic E-state index is 0.0119. The van der Waals surface area contributed by atoms with Crippen molar-refractivity contribution in [2.75, 3.05) is 20.7 Å². The molecule has 0 saturated heterocycles. The molecule has 2 amide bonds. The van der Waals surface area contributed by atoms with E-state index in [1.54, 1.807) is 0 Å². The van der Waals surface area contributed by atoms with Crippen molar-refractivity contribution in [1.29, 1.82) is 0 Å². The highest BCUT2D eigenvalue weighted by Crippen LogP contribution is 2.36. The average molecular weight is 578 g/mol. The normalized spacial score (nSPS) is 12.2. The van der Waals surface area contributed by atoms with Crippen LogP contribution >= 0.6 is 15.9 Å². The summed E-state index contributed by atoms with van der Waals surface area (Å²) in [6, 6.07) is 5.66. The van der Waals surface area contributed by atoms with Crippen LogP contribution in [0.5, 0.6) is 5.75 Å². The van der Waals surface area contributed by atoms with Crippen molar-refractivity contribution in [3.8, 4) is 17.0 Å². The summed E-state index contributed by atoms with van der Waals surface area (Å²) in [5.74, 6) is -4.89. The number of carbonyl (C=O) groups excluding carboxylic acids is 2. The Balaban J connectivity index is 1.98. The zero-order valence-corrected chi connectivity index (χ0v) is 20.1. The van der Waals surface area contributed by atoms with Crippen molar-refractivity contribution in [3.05, 3.63) is 69.7 Å². The predicted octanol–water partition coefficient (Wildman–Crippen LogP) is 5.32. The summed E-state index contributed by atoms with van der Waals surface area (Å²) < 4.78 is 83.3. The Morgan fingerprint density at radius 2 is 1.78 bits per heavy atom. The van der Waals surface area contributed by atoms with Crippen LogP contribution < -0.4 is 10.5 Å². The maximum atomic E-state index is 14.7. The molecule has 36 heavy (non-hydrogen) atoms. The SMILES string of the molecule is CN(C)C(=O)OCC(Oc1ccc(F)c(C(N)=O)c1F)c1nc(-c2ccc(C(F)(F)F)cc2)c(Br)o1. The second kappa shape index (κ2) is 10.5. The van der Waals surface area contributed by atoms with Gasteiger partial charge in [-0.3, -0.25) is 4.79 Å². The van der Waals surface area contributed by atoms with Gasteiger partial charge in [-0.15, -0.1) is 0 Å². The molecule has 2 N–H and O–H groups in total. The van der Waals surface area contributed by atoms with Crippen molar-refractivity contribution < 1.29 is 45.4 Å². The molecule has 3 aromatic rings. The van der Waals surface area contributed by atoms with E-state index in [4.69, 9.17) is 19.6 Å². The van der Waals surface area contributed by atoms with E-state index in [0.29, 0.717) is 0 Å². The Kier molecular flexibility index (Phi) is 7.86. The second-order valence-electron chi connectivity index (χ2n) is 7.43. The van der Waals surface area contributed by atoms with Gasteiger partial charge in [0.05, 0.1) is 5.56 Å². The fourth-order valence-electron chi connectivity index (χ4n) is 2.89. The van der Waals surface area contributed by atoms with Crippen LogP contribution in [0.2, 0.25) is 0 Å². The number of aromatic nitrogens is 1. The molecular formula is C22H17BrF5N3O5. The van der Waals surface area contributed by atoms with Gasteiger partial charge >= 0.3 is 12.3 Å². The second-order valence-corrected chi connectivity index (χ2v) is 8.15. The summed E-state index contributed by atoms with van der Waals surface area (Å²) in [6.45, 7) is -0.570. The molecule has 8 nitrogen and oxygen atoms in total. The number of amides is 2. The zero-order chi connectivity index (χ0) is 26.8. The lowest BCUT2D eigenvalue weighted by molar-refractivity contribution is -0.137. The van der Waals surface area contributed by atoms with Crippen molar-refractivity contribution in [2.24, 2.45) is 5.73 Å². The molecule has 0 spiro atoms. The lowest BCUT2D eigenvalue weighted by Gasteiger charge is -2.19. The van der Waals surface area contributed by atoms with Gasteiger partial charge in [0.1, 0.15) is 23.7 Å². The number of primary amides is 1. The first-order chi connectivity index (χ1) is 16.8. The number of hydrogen-bond donors (Lipinski definition) is 1. The number of halogens is 6. The van der Waals surface area contributed by atoms with E-state index in [0.717, 1.165) is 41.3 Å². The Morgan fingerprint density at radius 3 is 2.33 bits per heavy atom. The van der Waals surface area contributed by atoms with Crippen molar-refractivity contribution in [1.82, 2.24) is 9.88 Å². The summed E-state index contributed by atoms with van der Waals surface area (Å²) in [4.78, 5) is 28.6. The molecule has 0 radical (unpaired) electrons. The Labute approximate surface area is 208 Å².